The SMILES string of the molecule is O=C1C2CN(Cc3nnc(C4CC4)o3)CC2C(=O)N1Cc1ccccc1. The molecule has 0 spiro atoms. The molecule has 2 aliphatic heterocycles. The number of hydrogen-bond donors (Lipinski definition) is 0. The smallest absolute Gasteiger partial charge is 0.234 e. The number of aromatic nitrogens is 2. The predicted molar refractivity (Wildman–Crippen MR) is 90.5 cm³/mol. The van der Waals surface area contributed by atoms with Crippen molar-refractivity contribution in [2.45, 2.75) is 31.8 Å². The fraction of sp³-hybridized carbons (Fsp3) is 0.474. The molecule has 2 saturated heterocycles. The van der Waals surface area contributed by atoms with Gasteiger partial charge in [0.15, 0.2) is 0 Å². The van der Waals surface area contributed by atoms with Crippen molar-refractivity contribution >= 4 is 11.8 Å². The lowest BCUT2D eigenvalue weighted by Crippen LogP contribution is -2.35. The Morgan fingerprint density at radius 2 is 1.65 bits per heavy atom. The van der Waals surface area contributed by atoms with Crippen molar-refractivity contribution in [1.82, 2.24) is 20.0 Å². The van der Waals surface area contributed by atoms with Crippen LogP contribution in [0, 0.1) is 11.8 Å². The van der Waals surface area contributed by atoms with Gasteiger partial charge in [-0.1, -0.05) is 30.3 Å². The van der Waals surface area contributed by atoms with Gasteiger partial charge in [-0.15, -0.1) is 10.2 Å². The molecule has 0 N–H and O–H groups in total. The van der Waals surface area contributed by atoms with Crippen LogP contribution < -0.4 is 0 Å². The van der Waals surface area contributed by atoms with Gasteiger partial charge in [-0.3, -0.25) is 19.4 Å². The molecule has 26 heavy (non-hydrogen) atoms. The minimum absolute atomic E-state index is 0.0597. The molecule has 2 unspecified atom stereocenters. The first-order valence-corrected chi connectivity index (χ1v) is 9.13. The summed E-state index contributed by atoms with van der Waals surface area (Å²) in [7, 11) is 0. The minimum atomic E-state index is -0.253. The molecule has 1 aromatic carbocycles. The van der Waals surface area contributed by atoms with E-state index in [9.17, 15) is 9.59 Å². The number of fused-ring (bicyclic) bond motifs is 1. The molecular formula is C19H20N4O3. The molecule has 2 aromatic rings. The zero-order valence-corrected chi connectivity index (χ0v) is 14.4. The summed E-state index contributed by atoms with van der Waals surface area (Å²) in [6.45, 7) is 2.01. The van der Waals surface area contributed by atoms with Gasteiger partial charge in [-0.05, 0) is 18.4 Å². The van der Waals surface area contributed by atoms with Gasteiger partial charge >= 0.3 is 0 Å². The van der Waals surface area contributed by atoms with Crippen LogP contribution in [0.3, 0.4) is 0 Å². The molecule has 7 nitrogen and oxygen atoms in total. The van der Waals surface area contributed by atoms with Crippen molar-refractivity contribution in [3.63, 3.8) is 0 Å². The molecule has 2 amide bonds. The number of benzene rings is 1. The van der Waals surface area contributed by atoms with Crippen LogP contribution >= 0.6 is 0 Å². The lowest BCUT2D eigenvalue weighted by Gasteiger charge is -2.19. The van der Waals surface area contributed by atoms with Gasteiger partial charge in [0.2, 0.25) is 23.6 Å². The summed E-state index contributed by atoms with van der Waals surface area (Å²) in [5.74, 6) is 1.11. The maximum Gasteiger partial charge on any atom is 0.234 e. The van der Waals surface area contributed by atoms with Gasteiger partial charge in [-0.2, -0.15) is 0 Å². The summed E-state index contributed by atoms with van der Waals surface area (Å²) < 4.78 is 5.70. The highest BCUT2D eigenvalue weighted by molar-refractivity contribution is 6.05. The third-order valence-electron chi connectivity index (χ3n) is 5.51. The number of carbonyl (C=O) groups excluding carboxylic acids is 2. The third kappa shape index (κ3) is 2.72. The van der Waals surface area contributed by atoms with Gasteiger partial charge in [-0.25, -0.2) is 0 Å². The summed E-state index contributed by atoms with van der Waals surface area (Å²) in [6.07, 6.45) is 2.24. The van der Waals surface area contributed by atoms with E-state index in [0.29, 0.717) is 38.0 Å². The van der Waals surface area contributed by atoms with Crippen molar-refractivity contribution in [2.24, 2.45) is 11.8 Å². The Morgan fingerprint density at radius 3 is 2.31 bits per heavy atom. The molecule has 0 radical (unpaired) electrons. The molecule has 7 heteroatoms. The fourth-order valence-corrected chi connectivity index (χ4v) is 3.96. The van der Waals surface area contributed by atoms with Gasteiger partial charge in [0.1, 0.15) is 0 Å². The van der Waals surface area contributed by atoms with Crippen LogP contribution in [-0.4, -0.2) is 44.9 Å². The number of carbonyl (C=O) groups is 2. The van der Waals surface area contributed by atoms with Crippen LogP contribution in [0.15, 0.2) is 34.7 Å². The molecule has 134 valence electrons. The third-order valence-corrected chi connectivity index (χ3v) is 5.51. The molecule has 0 bridgehead atoms. The molecular weight excluding hydrogens is 332 g/mol. The normalized spacial score (nSPS) is 25.9. The number of likely N-dealkylation sites (tertiary alicyclic amines) is 2. The lowest BCUT2D eigenvalue weighted by atomic mass is 10.00. The van der Waals surface area contributed by atoms with Crippen molar-refractivity contribution in [2.75, 3.05) is 13.1 Å². The molecule has 3 aliphatic rings. The average Bonchev–Trinajstić information content (AvgIpc) is 3.20. The topological polar surface area (TPSA) is 79.5 Å². The van der Waals surface area contributed by atoms with Gasteiger partial charge in [0, 0.05) is 19.0 Å². The van der Waals surface area contributed by atoms with Crippen molar-refractivity contribution in [3.8, 4) is 0 Å². The number of amides is 2. The lowest BCUT2D eigenvalue weighted by molar-refractivity contribution is -0.141. The fourth-order valence-electron chi connectivity index (χ4n) is 3.96. The number of nitrogens with zero attached hydrogens (tertiary/aromatic N) is 4. The summed E-state index contributed by atoms with van der Waals surface area (Å²) in [4.78, 5) is 29.0. The number of imide groups is 1. The second kappa shape index (κ2) is 6.02. The molecule has 3 heterocycles. The van der Waals surface area contributed by atoms with Crippen LogP contribution in [0.25, 0.3) is 0 Å². The Balaban J connectivity index is 1.24. The second-order valence-corrected chi connectivity index (χ2v) is 7.46. The van der Waals surface area contributed by atoms with Crippen LogP contribution in [-0.2, 0) is 22.7 Å². The molecule has 1 saturated carbocycles. The highest BCUT2D eigenvalue weighted by Gasteiger charge is 2.52. The van der Waals surface area contributed by atoms with Gasteiger partial charge in [0.05, 0.1) is 24.9 Å². The van der Waals surface area contributed by atoms with E-state index in [0.717, 1.165) is 24.3 Å². The quantitative estimate of drug-likeness (QED) is 0.760. The van der Waals surface area contributed by atoms with E-state index >= 15 is 0 Å². The zero-order chi connectivity index (χ0) is 17.7. The first-order chi connectivity index (χ1) is 12.7. The summed E-state index contributed by atoms with van der Waals surface area (Å²) in [5.41, 5.74) is 0.976. The first-order valence-electron chi connectivity index (χ1n) is 9.13. The van der Waals surface area contributed by atoms with Crippen LogP contribution in [0.5, 0.6) is 0 Å². The maximum atomic E-state index is 12.7. The first kappa shape index (κ1) is 15.7. The van der Waals surface area contributed by atoms with E-state index in [-0.39, 0.29) is 23.7 Å². The zero-order valence-electron chi connectivity index (χ0n) is 14.4. The second-order valence-electron chi connectivity index (χ2n) is 7.46. The van der Waals surface area contributed by atoms with E-state index in [1.807, 2.05) is 30.3 Å². The van der Waals surface area contributed by atoms with Crippen molar-refractivity contribution in [1.29, 1.82) is 0 Å². The highest BCUT2D eigenvalue weighted by atomic mass is 16.4. The van der Waals surface area contributed by atoms with Crippen LogP contribution in [0.4, 0.5) is 0 Å². The maximum absolute atomic E-state index is 12.7. The highest BCUT2D eigenvalue weighted by Crippen LogP contribution is 2.39. The molecule has 2 atom stereocenters. The summed E-state index contributed by atoms with van der Waals surface area (Å²) in [6, 6.07) is 9.64. The summed E-state index contributed by atoms with van der Waals surface area (Å²) >= 11 is 0. The number of hydrogen-bond acceptors (Lipinski definition) is 6. The van der Waals surface area contributed by atoms with Gasteiger partial charge < -0.3 is 4.42 Å². The molecule has 1 aromatic heterocycles. The number of rotatable bonds is 5. The average molecular weight is 352 g/mol. The Labute approximate surface area is 151 Å². The standard InChI is InChI=1S/C19H20N4O3/c24-18-14-9-22(11-16-20-21-17(26-16)13-6-7-13)10-15(14)19(25)23(18)8-12-4-2-1-3-5-12/h1-5,13-15H,6-11H2. The summed E-state index contributed by atoms with van der Waals surface area (Å²) in [5, 5.41) is 8.20. The van der Waals surface area contributed by atoms with Crippen molar-refractivity contribution < 1.29 is 14.0 Å². The van der Waals surface area contributed by atoms with Crippen LogP contribution in [0.1, 0.15) is 36.1 Å². The van der Waals surface area contributed by atoms with E-state index in [1.54, 1.807) is 0 Å². The largest absolute Gasteiger partial charge is 0.424 e. The minimum Gasteiger partial charge on any atom is -0.424 e. The molecule has 3 fully saturated rings. The van der Waals surface area contributed by atoms with E-state index in [4.69, 9.17) is 4.42 Å². The van der Waals surface area contributed by atoms with E-state index in [1.165, 1.54) is 4.90 Å². The Bertz CT molecular complexity index is 821. The van der Waals surface area contributed by atoms with E-state index in [2.05, 4.69) is 15.1 Å². The Hall–Kier alpha value is -2.54. The van der Waals surface area contributed by atoms with E-state index < -0.39 is 0 Å². The Morgan fingerprint density at radius 1 is 0.962 bits per heavy atom. The Kier molecular flexibility index (Phi) is 3.63. The molecule has 1 aliphatic carbocycles. The molecule has 5 rings (SSSR count). The van der Waals surface area contributed by atoms with Crippen LogP contribution in [0.2, 0.25) is 0 Å². The monoisotopic (exact) mass is 352 g/mol. The predicted octanol–water partition coefficient (Wildman–Crippen LogP) is 1.56. The van der Waals surface area contributed by atoms with Crippen molar-refractivity contribution in [3.05, 3.63) is 47.7 Å². The van der Waals surface area contributed by atoms with Gasteiger partial charge in [0.25, 0.3) is 0 Å².